The highest BCUT2D eigenvalue weighted by atomic mass is 32.2. The molecule has 0 saturated heterocycles. The van der Waals surface area contributed by atoms with Gasteiger partial charge in [-0.15, -0.1) is 11.8 Å². The highest BCUT2D eigenvalue weighted by molar-refractivity contribution is 8.01. The van der Waals surface area contributed by atoms with Crippen molar-refractivity contribution in [3.05, 3.63) is 11.8 Å². The van der Waals surface area contributed by atoms with Gasteiger partial charge in [0, 0.05) is 56.5 Å². The van der Waals surface area contributed by atoms with Crippen LogP contribution in [0, 0.1) is 11.8 Å². The minimum Gasteiger partial charge on any atom is -0.447 e. The van der Waals surface area contributed by atoms with E-state index in [1.165, 1.54) is 0 Å². The molecule has 3 rings (SSSR count). The minimum absolute atomic E-state index is 0.00938. The van der Waals surface area contributed by atoms with Crippen molar-refractivity contribution in [1.29, 1.82) is 0 Å². The molecule has 0 aromatic heterocycles. The van der Waals surface area contributed by atoms with Gasteiger partial charge in [-0.2, -0.15) is 0 Å². The predicted octanol–water partition coefficient (Wildman–Crippen LogP) is 2.51. The van der Waals surface area contributed by atoms with Gasteiger partial charge < -0.3 is 15.2 Å². The van der Waals surface area contributed by atoms with E-state index in [1.807, 2.05) is 18.0 Å². The summed E-state index contributed by atoms with van der Waals surface area (Å²) in [7, 11) is 1.63. The van der Waals surface area contributed by atoms with Crippen LogP contribution >= 0.6 is 11.8 Å². The molecule has 0 aromatic carbocycles. The first-order valence-corrected chi connectivity index (χ1v) is 12.0. The lowest BCUT2D eigenvalue weighted by Crippen LogP contribution is -2.35. The van der Waals surface area contributed by atoms with Gasteiger partial charge in [0.15, 0.2) is 11.7 Å². The fourth-order valence-corrected chi connectivity index (χ4v) is 5.09. The van der Waals surface area contributed by atoms with Crippen molar-refractivity contribution in [2.75, 3.05) is 20.2 Å². The maximum atomic E-state index is 12.8. The Kier molecular flexibility index (Phi) is 8.83. The van der Waals surface area contributed by atoms with Gasteiger partial charge in [0.1, 0.15) is 11.6 Å². The van der Waals surface area contributed by atoms with E-state index in [2.05, 4.69) is 22.2 Å². The second-order valence-corrected chi connectivity index (χ2v) is 9.65. The Morgan fingerprint density at radius 2 is 2.23 bits per heavy atom. The van der Waals surface area contributed by atoms with Crippen LogP contribution < -0.4 is 5.32 Å². The van der Waals surface area contributed by atoms with E-state index >= 15 is 0 Å². The molecule has 1 aliphatic carbocycles. The quantitative estimate of drug-likeness (QED) is 0.581. The summed E-state index contributed by atoms with van der Waals surface area (Å²) < 4.78 is 6.17. The molecule has 0 radical (unpaired) electrons. The van der Waals surface area contributed by atoms with Gasteiger partial charge in [0.05, 0.1) is 11.3 Å². The number of carbonyl (C=O) groups excluding carboxylic acids is 2. The number of amides is 1. The molecule has 2 N–H and O–H groups in total. The summed E-state index contributed by atoms with van der Waals surface area (Å²) in [5, 5.41) is 12.4. The van der Waals surface area contributed by atoms with Crippen molar-refractivity contribution < 1.29 is 19.4 Å². The summed E-state index contributed by atoms with van der Waals surface area (Å²) in [6, 6.07) is 0. The molecule has 0 aromatic rings. The molecule has 0 saturated carbocycles. The zero-order valence-corrected chi connectivity index (χ0v) is 19.1. The van der Waals surface area contributed by atoms with Gasteiger partial charge in [-0.05, 0) is 39.0 Å². The summed E-state index contributed by atoms with van der Waals surface area (Å²) >= 11 is 1.81. The molecule has 9 heteroatoms. The topological polar surface area (TPSA) is 113 Å². The summed E-state index contributed by atoms with van der Waals surface area (Å²) in [5.74, 6) is 1.07. The van der Waals surface area contributed by atoms with Crippen LogP contribution in [-0.4, -0.2) is 65.6 Å². The average molecular weight is 449 g/mol. The molecule has 31 heavy (non-hydrogen) atoms. The van der Waals surface area contributed by atoms with E-state index in [0.717, 1.165) is 19.3 Å². The largest absolute Gasteiger partial charge is 0.447 e. The Morgan fingerprint density at radius 1 is 1.39 bits per heavy atom. The lowest BCUT2D eigenvalue weighted by atomic mass is 9.93. The third-order valence-corrected chi connectivity index (χ3v) is 6.77. The van der Waals surface area contributed by atoms with Crippen LogP contribution in [-0.2, 0) is 14.3 Å². The monoisotopic (exact) mass is 448 g/mol. The fraction of sp³-hybridized carbons (Fsp3) is 0.682. The van der Waals surface area contributed by atoms with E-state index in [-0.39, 0.29) is 29.6 Å². The first-order valence-electron chi connectivity index (χ1n) is 11.0. The number of aliphatic hydroxyl groups excluding tert-OH is 1. The number of aliphatic hydroxyl groups is 1. The van der Waals surface area contributed by atoms with E-state index in [1.54, 1.807) is 13.1 Å². The fourth-order valence-electron chi connectivity index (χ4n) is 3.97. The summed E-state index contributed by atoms with van der Waals surface area (Å²) in [6.07, 6.45) is 8.16. The number of allylic oxidation sites excluding steroid dienone is 2. The number of ketones is 1. The SMILES string of the molecule is CN=C1N=C(OC2=CC(=O)CCC2)C(CC2N=CC(C)S2)CCC1C(=O)NCCCO. The Balaban J connectivity index is 1.81. The van der Waals surface area contributed by atoms with Crippen molar-refractivity contribution in [1.82, 2.24) is 5.32 Å². The molecule has 4 atom stereocenters. The molecule has 0 fully saturated rings. The molecular weight excluding hydrogens is 416 g/mol. The standard InChI is InChI=1S/C22H32N4O4S/c1-14-13-25-19(31-14)11-15-7-8-18(21(29)24-9-4-10-27)20(23-2)26-22(15)30-17-6-3-5-16(28)12-17/h12-15,18-19,27H,3-11H2,1-2H3,(H,24,29). The van der Waals surface area contributed by atoms with Crippen molar-refractivity contribution in [3.8, 4) is 0 Å². The van der Waals surface area contributed by atoms with Gasteiger partial charge in [-0.25, -0.2) is 4.99 Å². The van der Waals surface area contributed by atoms with Gasteiger partial charge >= 0.3 is 0 Å². The molecule has 0 spiro atoms. The third-order valence-electron chi connectivity index (χ3n) is 5.59. The predicted molar refractivity (Wildman–Crippen MR) is 124 cm³/mol. The summed E-state index contributed by atoms with van der Waals surface area (Å²) in [6.45, 7) is 2.57. The average Bonchev–Trinajstić information content (AvgIpc) is 3.07. The van der Waals surface area contributed by atoms with Crippen molar-refractivity contribution in [2.45, 2.75) is 62.5 Å². The van der Waals surface area contributed by atoms with Crippen LogP contribution in [0.15, 0.2) is 26.8 Å². The number of nitrogens with one attached hydrogen (secondary N) is 1. The highest BCUT2D eigenvalue weighted by Gasteiger charge is 2.34. The normalized spacial score (nSPS) is 30.0. The van der Waals surface area contributed by atoms with Crippen LogP contribution in [0.3, 0.4) is 0 Å². The molecule has 3 aliphatic rings. The molecule has 0 bridgehead atoms. The van der Waals surface area contributed by atoms with Gasteiger partial charge in [-0.1, -0.05) is 0 Å². The highest BCUT2D eigenvalue weighted by Crippen LogP contribution is 2.34. The molecule has 170 valence electrons. The van der Waals surface area contributed by atoms with Crippen LogP contribution in [0.2, 0.25) is 0 Å². The Hall–Kier alpha value is -2.00. The maximum absolute atomic E-state index is 12.8. The maximum Gasteiger partial charge on any atom is 0.230 e. The number of amidine groups is 1. The first kappa shape index (κ1) is 23.7. The van der Waals surface area contributed by atoms with Crippen molar-refractivity contribution in [2.24, 2.45) is 26.8 Å². The number of carbonyl (C=O) groups is 2. The van der Waals surface area contributed by atoms with Gasteiger partial charge in [0.25, 0.3) is 0 Å². The molecule has 2 aliphatic heterocycles. The van der Waals surface area contributed by atoms with E-state index in [9.17, 15) is 9.59 Å². The van der Waals surface area contributed by atoms with Crippen LogP contribution in [0.4, 0.5) is 0 Å². The smallest absolute Gasteiger partial charge is 0.230 e. The number of nitrogens with zero attached hydrogens (tertiary/aromatic N) is 3. The number of rotatable bonds is 7. The Morgan fingerprint density at radius 3 is 2.90 bits per heavy atom. The zero-order chi connectivity index (χ0) is 22.2. The molecule has 1 amide bonds. The number of hydrogen-bond donors (Lipinski definition) is 2. The molecule has 4 unspecified atom stereocenters. The Labute approximate surface area is 187 Å². The van der Waals surface area contributed by atoms with Crippen LogP contribution in [0.25, 0.3) is 0 Å². The van der Waals surface area contributed by atoms with E-state index < -0.39 is 5.92 Å². The first-order chi connectivity index (χ1) is 15.0. The summed E-state index contributed by atoms with van der Waals surface area (Å²) in [5.41, 5.74) is 0. The van der Waals surface area contributed by atoms with Crippen LogP contribution in [0.1, 0.15) is 51.9 Å². The second kappa shape index (κ2) is 11.6. The third kappa shape index (κ3) is 6.74. The number of aliphatic imine (C=N–C) groups is 3. The molecule has 8 nitrogen and oxygen atoms in total. The lowest BCUT2D eigenvalue weighted by molar-refractivity contribution is -0.123. The zero-order valence-electron chi connectivity index (χ0n) is 18.2. The minimum atomic E-state index is -0.465. The van der Waals surface area contributed by atoms with Crippen LogP contribution in [0.5, 0.6) is 0 Å². The molecule has 2 heterocycles. The number of thioether (sulfide) groups is 1. The van der Waals surface area contributed by atoms with Crippen molar-refractivity contribution >= 4 is 41.4 Å². The van der Waals surface area contributed by atoms with E-state index in [0.29, 0.717) is 55.0 Å². The second-order valence-electron chi connectivity index (χ2n) is 8.09. The number of hydrogen-bond acceptors (Lipinski definition) is 7. The van der Waals surface area contributed by atoms with Gasteiger partial charge in [-0.3, -0.25) is 19.6 Å². The van der Waals surface area contributed by atoms with Gasteiger partial charge in [0.2, 0.25) is 5.91 Å². The van der Waals surface area contributed by atoms with E-state index in [4.69, 9.17) is 14.8 Å². The number of ether oxygens (including phenoxy) is 1. The summed E-state index contributed by atoms with van der Waals surface area (Å²) in [4.78, 5) is 38.2. The molecular formula is C22H32N4O4S. The van der Waals surface area contributed by atoms with Crippen molar-refractivity contribution in [3.63, 3.8) is 0 Å². The Bertz CT molecular complexity index is 792. The lowest BCUT2D eigenvalue weighted by Gasteiger charge is -2.22.